The number of nitrogens with two attached hydrogens (primary N) is 1. The molecule has 0 aliphatic carbocycles. The van der Waals surface area contributed by atoms with Gasteiger partial charge in [0.1, 0.15) is 22.8 Å². The normalized spacial score (nSPS) is 11.0. The van der Waals surface area contributed by atoms with Gasteiger partial charge in [0.25, 0.3) is 5.91 Å². The quantitative estimate of drug-likeness (QED) is 0.722. The van der Waals surface area contributed by atoms with E-state index in [9.17, 15) is 4.79 Å². The van der Waals surface area contributed by atoms with Gasteiger partial charge in [-0.05, 0) is 51.1 Å². The molecule has 0 aliphatic heterocycles. The summed E-state index contributed by atoms with van der Waals surface area (Å²) in [6.07, 6.45) is 1.79. The van der Waals surface area contributed by atoms with Crippen LogP contribution in [0.3, 0.4) is 0 Å². The zero-order chi connectivity index (χ0) is 17.3. The molecule has 6 nitrogen and oxygen atoms in total. The minimum absolute atomic E-state index is 0.0653. The molecule has 1 aromatic carbocycles. The maximum atomic E-state index is 12.3. The van der Waals surface area contributed by atoms with E-state index in [0.717, 1.165) is 0 Å². The summed E-state index contributed by atoms with van der Waals surface area (Å²) in [5.74, 6) is 1.20. The lowest BCUT2D eigenvalue weighted by Gasteiger charge is -2.09. The number of benzene rings is 1. The Morgan fingerprint density at radius 3 is 2.58 bits per heavy atom. The maximum absolute atomic E-state index is 12.3. The Hall–Kier alpha value is -3.02. The number of amides is 1. The monoisotopic (exact) mass is 324 g/mol. The van der Waals surface area contributed by atoms with Crippen LogP contribution in [0, 0.1) is 6.92 Å². The van der Waals surface area contributed by atoms with Crippen molar-refractivity contribution in [3.63, 3.8) is 0 Å². The number of hydrogen-bond acceptors (Lipinski definition) is 4. The molecular formula is C18H20N4O2. The van der Waals surface area contributed by atoms with E-state index >= 15 is 0 Å². The van der Waals surface area contributed by atoms with Crippen LogP contribution in [0.2, 0.25) is 0 Å². The Morgan fingerprint density at radius 2 is 1.92 bits per heavy atom. The van der Waals surface area contributed by atoms with Gasteiger partial charge in [-0.3, -0.25) is 9.20 Å². The number of fused-ring (bicyclic) bond motifs is 1. The topological polar surface area (TPSA) is 81.7 Å². The maximum Gasteiger partial charge on any atom is 0.270 e. The largest absolute Gasteiger partial charge is 0.457 e. The average Bonchev–Trinajstić information content (AvgIpc) is 2.84. The second-order valence-corrected chi connectivity index (χ2v) is 5.94. The number of nitrogens with one attached hydrogen (secondary N) is 1. The predicted octanol–water partition coefficient (Wildman–Crippen LogP) is 3.16. The average molecular weight is 324 g/mol. The molecule has 3 aromatic rings. The van der Waals surface area contributed by atoms with Crippen molar-refractivity contribution in [2.24, 2.45) is 0 Å². The number of aryl methyl sites for hydroxylation is 1. The summed E-state index contributed by atoms with van der Waals surface area (Å²) in [5, 5.41) is 2.89. The fourth-order valence-corrected chi connectivity index (χ4v) is 2.48. The van der Waals surface area contributed by atoms with Gasteiger partial charge in [0.15, 0.2) is 0 Å². The number of aromatic nitrogens is 2. The Labute approximate surface area is 140 Å². The van der Waals surface area contributed by atoms with Crippen LogP contribution in [0.25, 0.3) is 5.65 Å². The van der Waals surface area contributed by atoms with Crippen molar-refractivity contribution in [3.8, 4) is 11.5 Å². The lowest BCUT2D eigenvalue weighted by Crippen LogP contribution is -2.31. The molecule has 2 heterocycles. The van der Waals surface area contributed by atoms with Gasteiger partial charge in [-0.25, -0.2) is 4.98 Å². The first-order valence-corrected chi connectivity index (χ1v) is 7.77. The van der Waals surface area contributed by atoms with Crippen molar-refractivity contribution in [1.82, 2.24) is 14.7 Å². The van der Waals surface area contributed by atoms with Crippen LogP contribution in [0.5, 0.6) is 11.5 Å². The van der Waals surface area contributed by atoms with Gasteiger partial charge in [-0.1, -0.05) is 0 Å². The van der Waals surface area contributed by atoms with Crippen LogP contribution < -0.4 is 15.8 Å². The minimum atomic E-state index is -0.137. The number of hydrogen-bond donors (Lipinski definition) is 2. The molecule has 0 saturated carbocycles. The fraction of sp³-hybridized carbons (Fsp3) is 0.222. The van der Waals surface area contributed by atoms with E-state index in [1.165, 1.54) is 0 Å². The molecular weight excluding hydrogens is 304 g/mol. The van der Waals surface area contributed by atoms with Crippen LogP contribution >= 0.6 is 0 Å². The van der Waals surface area contributed by atoms with Gasteiger partial charge in [0.2, 0.25) is 0 Å². The molecule has 0 bridgehead atoms. The molecule has 1 amide bonds. The Bertz CT molecular complexity index is 882. The first-order valence-electron chi connectivity index (χ1n) is 7.77. The lowest BCUT2D eigenvalue weighted by molar-refractivity contribution is 0.0936. The number of carbonyl (C=O) groups is 1. The highest BCUT2D eigenvalue weighted by Crippen LogP contribution is 2.24. The number of carbonyl (C=O) groups excluding carboxylic acids is 1. The van der Waals surface area contributed by atoms with E-state index in [0.29, 0.717) is 34.2 Å². The Morgan fingerprint density at radius 1 is 1.21 bits per heavy atom. The number of rotatable bonds is 4. The van der Waals surface area contributed by atoms with Crippen molar-refractivity contribution in [3.05, 3.63) is 54.0 Å². The number of nitrogen functional groups attached to an aromatic ring is 1. The summed E-state index contributed by atoms with van der Waals surface area (Å²) < 4.78 is 7.57. The first-order chi connectivity index (χ1) is 11.4. The van der Waals surface area contributed by atoms with Crippen LogP contribution in [0.15, 0.2) is 42.6 Å². The number of nitrogens with zero attached hydrogens (tertiary/aromatic N) is 2. The molecule has 0 unspecified atom stereocenters. The third kappa shape index (κ3) is 3.17. The third-order valence-electron chi connectivity index (χ3n) is 3.52. The summed E-state index contributed by atoms with van der Waals surface area (Å²) in [7, 11) is 0. The minimum Gasteiger partial charge on any atom is -0.457 e. The van der Waals surface area contributed by atoms with E-state index in [2.05, 4.69) is 10.3 Å². The summed E-state index contributed by atoms with van der Waals surface area (Å²) in [6, 6.07) is 10.8. The number of ether oxygens (including phenoxy) is 1. The van der Waals surface area contributed by atoms with E-state index in [-0.39, 0.29) is 11.9 Å². The van der Waals surface area contributed by atoms with E-state index < -0.39 is 0 Å². The highest BCUT2D eigenvalue weighted by Gasteiger charge is 2.17. The molecule has 0 radical (unpaired) electrons. The van der Waals surface area contributed by atoms with Gasteiger partial charge in [0.05, 0.1) is 5.69 Å². The van der Waals surface area contributed by atoms with Crippen molar-refractivity contribution < 1.29 is 9.53 Å². The highest BCUT2D eigenvalue weighted by atomic mass is 16.5. The third-order valence-corrected chi connectivity index (χ3v) is 3.52. The molecule has 3 N–H and O–H groups in total. The molecule has 0 saturated heterocycles. The van der Waals surface area contributed by atoms with E-state index in [1.807, 2.05) is 20.8 Å². The Balaban J connectivity index is 1.92. The molecule has 6 heteroatoms. The lowest BCUT2D eigenvalue weighted by atomic mass is 10.3. The van der Waals surface area contributed by atoms with Gasteiger partial charge in [-0.2, -0.15) is 0 Å². The summed E-state index contributed by atoms with van der Waals surface area (Å²) in [4.78, 5) is 16.8. The molecule has 0 fully saturated rings. The number of imidazole rings is 1. The molecule has 0 spiro atoms. The molecule has 3 rings (SSSR count). The predicted molar refractivity (Wildman–Crippen MR) is 93.5 cm³/mol. The molecule has 2 aromatic heterocycles. The van der Waals surface area contributed by atoms with Gasteiger partial charge in [0, 0.05) is 24.0 Å². The van der Waals surface area contributed by atoms with Crippen molar-refractivity contribution in [1.29, 1.82) is 0 Å². The molecule has 24 heavy (non-hydrogen) atoms. The smallest absolute Gasteiger partial charge is 0.270 e. The van der Waals surface area contributed by atoms with Gasteiger partial charge < -0.3 is 15.8 Å². The van der Waals surface area contributed by atoms with Crippen LogP contribution in [0.4, 0.5) is 5.69 Å². The zero-order valence-electron chi connectivity index (χ0n) is 13.9. The second kappa shape index (κ2) is 6.23. The van der Waals surface area contributed by atoms with Crippen molar-refractivity contribution in [2.75, 3.05) is 5.73 Å². The van der Waals surface area contributed by atoms with Crippen molar-refractivity contribution in [2.45, 2.75) is 26.8 Å². The van der Waals surface area contributed by atoms with Crippen molar-refractivity contribution >= 4 is 17.2 Å². The standard InChI is InChI=1S/C18H20N4O2/c1-11(2)20-18(23)17-12(3)21-16-10-15(8-9-22(16)17)24-14-6-4-13(19)5-7-14/h4-11H,19H2,1-3H3,(H,20,23). The van der Waals surface area contributed by atoms with E-state index in [4.69, 9.17) is 10.5 Å². The SMILES string of the molecule is Cc1nc2cc(Oc3ccc(N)cc3)ccn2c1C(=O)NC(C)C. The van der Waals surface area contributed by atoms with Gasteiger partial charge >= 0.3 is 0 Å². The summed E-state index contributed by atoms with van der Waals surface area (Å²) in [5.41, 5.74) is 8.23. The summed E-state index contributed by atoms with van der Waals surface area (Å²) >= 11 is 0. The fourth-order valence-electron chi connectivity index (χ4n) is 2.48. The van der Waals surface area contributed by atoms with Crippen LogP contribution in [-0.2, 0) is 0 Å². The van der Waals surface area contributed by atoms with Gasteiger partial charge in [-0.15, -0.1) is 0 Å². The highest BCUT2D eigenvalue weighted by molar-refractivity contribution is 5.94. The number of pyridine rings is 1. The van der Waals surface area contributed by atoms with E-state index in [1.54, 1.807) is 47.0 Å². The first kappa shape index (κ1) is 15.9. The van der Waals surface area contributed by atoms with Crippen LogP contribution in [-0.4, -0.2) is 21.3 Å². The zero-order valence-corrected chi connectivity index (χ0v) is 13.9. The second-order valence-electron chi connectivity index (χ2n) is 5.94. The molecule has 0 aliphatic rings. The Kier molecular flexibility index (Phi) is 4.12. The summed E-state index contributed by atoms with van der Waals surface area (Å²) in [6.45, 7) is 5.67. The molecule has 0 atom stereocenters. The number of anilines is 1. The van der Waals surface area contributed by atoms with Crippen LogP contribution in [0.1, 0.15) is 30.0 Å². The molecule has 124 valence electrons.